The molecule has 0 radical (unpaired) electrons. The van der Waals surface area contributed by atoms with E-state index in [0.29, 0.717) is 14.9 Å². The maximum absolute atomic E-state index is 15.0. The summed E-state index contributed by atoms with van der Waals surface area (Å²) in [4.78, 5) is 72.7. The number of hydrogen-bond acceptors (Lipinski definition) is 12. The van der Waals surface area contributed by atoms with E-state index in [0.717, 1.165) is 12.0 Å². The van der Waals surface area contributed by atoms with Gasteiger partial charge in [-0.25, -0.2) is 4.79 Å². The van der Waals surface area contributed by atoms with E-state index in [9.17, 15) is 34.5 Å². The molecule has 0 aliphatic carbocycles. The Morgan fingerprint density at radius 1 is 0.846 bits per heavy atom. The first-order chi connectivity index (χ1) is 30.8. The second-order valence-corrected chi connectivity index (χ2v) is 17.3. The Kier molecular flexibility index (Phi) is 15.5. The zero-order valence-corrected chi connectivity index (χ0v) is 39.4. The van der Waals surface area contributed by atoms with Crippen molar-refractivity contribution in [3.05, 3.63) is 136 Å². The number of halogens is 5. The van der Waals surface area contributed by atoms with Gasteiger partial charge in [-0.05, 0) is 111 Å². The number of hydrogen-bond donors (Lipinski definition) is 7. The van der Waals surface area contributed by atoms with Gasteiger partial charge < -0.3 is 56.1 Å². The highest BCUT2D eigenvalue weighted by atomic mass is 127. The molecule has 0 saturated carbocycles. The van der Waals surface area contributed by atoms with Crippen LogP contribution in [0.25, 0.3) is 0 Å². The van der Waals surface area contributed by atoms with Gasteiger partial charge in [-0.1, -0.05) is 70.7 Å². The molecule has 65 heavy (non-hydrogen) atoms. The van der Waals surface area contributed by atoms with E-state index >= 15 is 4.79 Å². The van der Waals surface area contributed by atoms with Crippen molar-refractivity contribution >= 4 is 98.6 Å². The van der Waals surface area contributed by atoms with Crippen LogP contribution in [0.15, 0.2) is 84.9 Å². The fourth-order valence-corrected chi connectivity index (χ4v) is 8.70. The first-order valence-electron chi connectivity index (χ1n) is 19.1. The highest BCUT2D eigenvalue weighted by Gasteiger charge is 2.38. The van der Waals surface area contributed by atoms with Crippen LogP contribution in [0.5, 0.6) is 34.5 Å². The lowest BCUT2D eigenvalue weighted by Gasteiger charge is -2.33. The normalized spacial score (nSPS) is 17.3. The zero-order chi connectivity index (χ0) is 47.4. The minimum absolute atomic E-state index is 0.0485. The van der Waals surface area contributed by atoms with E-state index in [1.165, 1.54) is 74.8 Å². The number of aromatic hydroxyl groups is 3. The largest absolute Gasteiger partial charge is 0.508 e. The Hall–Kier alpha value is -5.70. The van der Waals surface area contributed by atoms with E-state index in [-0.39, 0.29) is 66.0 Å². The van der Waals surface area contributed by atoms with Crippen LogP contribution in [0.4, 0.5) is 0 Å². The summed E-state index contributed by atoms with van der Waals surface area (Å²) >= 11 is 27.0. The van der Waals surface area contributed by atoms with Crippen molar-refractivity contribution in [3.8, 4) is 34.5 Å². The van der Waals surface area contributed by atoms with Gasteiger partial charge >= 0.3 is 5.97 Å². The Bertz CT molecular complexity index is 2630. The van der Waals surface area contributed by atoms with Gasteiger partial charge in [0.2, 0.25) is 23.6 Å². The number of benzene rings is 5. The van der Waals surface area contributed by atoms with Crippen LogP contribution in [0.1, 0.15) is 52.0 Å². The molecule has 21 heteroatoms. The predicted molar refractivity (Wildman–Crippen MR) is 248 cm³/mol. The summed E-state index contributed by atoms with van der Waals surface area (Å²) in [5, 5.41) is 37.5. The smallest absolute Gasteiger partial charge is 0.333 e. The van der Waals surface area contributed by atoms with E-state index in [1.54, 1.807) is 24.3 Å². The number of carbonyl (C=O) groups is 5. The van der Waals surface area contributed by atoms with E-state index < -0.39 is 71.3 Å². The van der Waals surface area contributed by atoms with Crippen molar-refractivity contribution in [1.82, 2.24) is 20.9 Å². The molecule has 0 aromatic heterocycles. The lowest BCUT2D eigenvalue weighted by Crippen LogP contribution is -2.54. The summed E-state index contributed by atoms with van der Waals surface area (Å²) in [5.74, 6) is -4.91. The molecule has 2 heterocycles. The van der Waals surface area contributed by atoms with Crippen molar-refractivity contribution in [1.29, 1.82) is 0 Å². The SMILES string of the molecule is COC(=O)[C@H](NC(=O)[C@@H]1Cc2ccc(cc2)Oc2cc(cc(I)c2OC)[C@@H](NC(=O)[C@H](N)c2cc(Cl)c(O)c(Cl)c2)C(=O)N[C@H](c2cc(Cl)c(O)c(Cl)c2)C(=O)N1C)c1ccc(O)cc1. The molecule has 4 amide bonds. The number of ether oxygens (including phenoxy) is 3. The first-order valence-corrected chi connectivity index (χ1v) is 21.7. The van der Waals surface area contributed by atoms with Gasteiger partial charge in [0.15, 0.2) is 29.0 Å². The summed E-state index contributed by atoms with van der Waals surface area (Å²) in [5.41, 5.74) is 7.31. The summed E-state index contributed by atoms with van der Waals surface area (Å²) in [6.07, 6.45) is -0.159. The number of phenolic OH excluding ortho intramolecular Hbond substituents is 3. The van der Waals surface area contributed by atoms with Crippen LogP contribution in [0.3, 0.4) is 0 Å². The number of esters is 1. The minimum atomic E-state index is -1.74. The standard InChI is InChI=1S/C44H38Cl4IN5O11/c1-54-31(40(58)53-36(44(62)64-3)20-6-8-24(55)9-7-20)12-19-4-10-25(11-5-19)65-32-18-23(17-30(49)39(32)63-2)34(51-41(59)33(50)21-13-26(45)37(56)27(46)14-21)42(60)52-35(43(54)61)22-15-28(47)38(57)29(48)16-22/h4-11,13-18,31,33-36,55-57H,12,50H2,1-3H3,(H,51,59)(H,52,60)(H,53,58)/t31-,33+,34+,35+,36+/m0/s1. The Labute approximate surface area is 405 Å². The van der Waals surface area contributed by atoms with Crippen LogP contribution in [0, 0.1) is 3.57 Å². The third-order valence-corrected chi connectivity index (χ3v) is 12.3. The molecular weight excluding hydrogens is 1040 g/mol. The lowest BCUT2D eigenvalue weighted by molar-refractivity contribution is -0.147. The van der Waals surface area contributed by atoms with E-state index in [4.69, 9.17) is 66.3 Å². The maximum atomic E-state index is 15.0. The van der Waals surface area contributed by atoms with Gasteiger partial charge in [-0.3, -0.25) is 19.2 Å². The van der Waals surface area contributed by atoms with Gasteiger partial charge in [0.25, 0.3) is 0 Å². The van der Waals surface area contributed by atoms with Gasteiger partial charge in [-0.2, -0.15) is 0 Å². The molecule has 0 fully saturated rings. The Morgan fingerprint density at radius 3 is 2.00 bits per heavy atom. The average Bonchev–Trinajstić information content (AvgIpc) is 3.28. The number of likely N-dealkylation sites (N-methyl/N-ethyl adjacent to an activating group) is 1. The van der Waals surface area contributed by atoms with Crippen molar-refractivity contribution in [2.24, 2.45) is 5.73 Å². The van der Waals surface area contributed by atoms with Gasteiger partial charge in [0, 0.05) is 13.5 Å². The summed E-state index contributed by atoms with van der Waals surface area (Å²) in [6.45, 7) is 0. The summed E-state index contributed by atoms with van der Waals surface area (Å²) in [6, 6.07) is 12.1. The van der Waals surface area contributed by atoms with Crippen LogP contribution in [-0.2, 0) is 35.1 Å². The Balaban J connectivity index is 1.50. The third-order valence-electron chi connectivity index (χ3n) is 10.4. The molecule has 0 unspecified atom stereocenters. The van der Waals surface area contributed by atoms with Gasteiger partial charge in [0.05, 0.1) is 37.9 Å². The number of rotatable bonds is 9. The number of carbonyl (C=O) groups excluding carboxylic acids is 5. The maximum Gasteiger partial charge on any atom is 0.333 e. The summed E-state index contributed by atoms with van der Waals surface area (Å²) in [7, 11) is 3.84. The summed E-state index contributed by atoms with van der Waals surface area (Å²) < 4.78 is 17.4. The molecular formula is C44H38Cl4IN5O11. The monoisotopic (exact) mass is 1080 g/mol. The van der Waals surface area contributed by atoms with Crippen LogP contribution >= 0.6 is 69.0 Å². The molecule has 8 N–H and O–H groups in total. The molecule has 2 aliphatic rings. The molecule has 5 atom stereocenters. The number of methoxy groups -OCH3 is 2. The number of phenols is 3. The minimum Gasteiger partial charge on any atom is -0.508 e. The van der Waals surface area contributed by atoms with Crippen molar-refractivity contribution in [2.45, 2.75) is 36.6 Å². The van der Waals surface area contributed by atoms with Crippen LogP contribution < -0.4 is 31.2 Å². The molecule has 4 bridgehead atoms. The van der Waals surface area contributed by atoms with Gasteiger partial charge in [0.1, 0.15) is 35.7 Å². The van der Waals surface area contributed by atoms with Crippen LogP contribution in [-0.4, -0.2) is 77.1 Å². The average molecular weight is 1080 g/mol. The topological polar surface area (TPSA) is 239 Å². The van der Waals surface area contributed by atoms with E-state index in [1.807, 2.05) is 22.6 Å². The van der Waals surface area contributed by atoms with Gasteiger partial charge in [-0.15, -0.1) is 0 Å². The molecule has 0 saturated heterocycles. The molecule has 0 spiro atoms. The number of nitrogens with one attached hydrogen (secondary N) is 3. The first kappa shape index (κ1) is 48.7. The number of fused-ring (bicyclic) bond motifs is 9. The van der Waals surface area contributed by atoms with Crippen LogP contribution in [0.2, 0.25) is 20.1 Å². The van der Waals surface area contributed by atoms with Crippen molar-refractivity contribution < 1.29 is 53.5 Å². The molecule has 340 valence electrons. The molecule has 7 rings (SSSR count). The highest BCUT2D eigenvalue weighted by Crippen LogP contribution is 2.40. The molecule has 5 aromatic rings. The molecule has 2 aliphatic heterocycles. The molecule has 5 aromatic carbocycles. The molecule has 16 nitrogen and oxygen atoms in total. The fraction of sp³-hybridized carbons (Fsp3) is 0.205. The van der Waals surface area contributed by atoms with E-state index in [2.05, 4.69) is 16.0 Å². The fourth-order valence-electron chi connectivity index (χ4n) is 6.85. The number of nitrogens with zero attached hydrogens (tertiary/aromatic N) is 1. The van der Waals surface area contributed by atoms with Crippen molar-refractivity contribution in [2.75, 3.05) is 21.3 Å². The Morgan fingerprint density at radius 2 is 1.43 bits per heavy atom. The zero-order valence-electron chi connectivity index (χ0n) is 34.2. The second-order valence-electron chi connectivity index (χ2n) is 14.5. The number of nitrogens with two attached hydrogens (primary N) is 1. The predicted octanol–water partition coefficient (Wildman–Crippen LogP) is 6.95. The quantitative estimate of drug-likeness (QED) is 0.0587. The number of amides is 4. The highest BCUT2D eigenvalue weighted by molar-refractivity contribution is 14.1. The third kappa shape index (κ3) is 10.9. The van der Waals surface area contributed by atoms with Crippen molar-refractivity contribution in [3.63, 3.8) is 0 Å². The lowest BCUT2D eigenvalue weighted by atomic mass is 9.98. The second kappa shape index (κ2) is 20.6.